The van der Waals surface area contributed by atoms with E-state index >= 15 is 0 Å². The maximum absolute atomic E-state index is 12.4. The number of benzene rings is 1. The first-order chi connectivity index (χ1) is 8.97. The van der Waals surface area contributed by atoms with Gasteiger partial charge in [0.05, 0.1) is 5.69 Å². The predicted molar refractivity (Wildman–Crippen MR) is 65.3 cm³/mol. The zero-order valence-electron chi connectivity index (χ0n) is 10.3. The highest BCUT2D eigenvalue weighted by Crippen LogP contribution is 2.28. The largest absolute Gasteiger partial charge is 0.435 e. The lowest BCUT2D eigenvalue weighted by molar-refractivity contribution is -0.141. The van der Waals surface area contributed by atoms with E-state index in [9.17, 15) is 13.2 Å². The number of nitrogens with one attached hydrogen (secondary N) is 2. The Morgan fingerprint density at radius 1 is 1.26 bits per heavy atom. The molecule has 0 amide bonds. The Kier molecular flexibility index (Phi) is 3.90. The molecule has 0 aliphatic rings. The predicted octanol–water partition coefficient (Wildman–Crippen LogP) is 3.28. The first-order valence-electron chi connectivity index (χ1n) is 5.86. The van der Waals surface area contributed by atoms with Crippen molar-refractivity contribution < 1.29 is 13.2 Å². The first-order valence-corrected chi connectivity index (χ1v) is 5.86. The summed E-state index contributed by atoms with van der Waals surface area (Å²) < 4.78 is 37.2. The summed E-state index contributed by atoms with van der Waals surface area (Å²) in [6.45, 7) is 2.37. The van der Waals surface area contributed by atoms with E-state index in [1.54, 1.807) is 6.92 Å². The van der Waals surface area contributed by atoms with Crippen molar-refractivity contribution in [3.05, 3.63) is 53.3 Å². The fourth-order valence-electron chi connectivity index (χ4n) is 1.68. The highest BCUT2D eigenvalue weighted by atomic mass is 19.4. The van der Waals surface area contributed by atoms with Crippen molar-refractivity contribution >= 4 is 0 Å². The molecular formula is C13H14F3N3. The lowest BCUT2D eigenvalue weighted by Gasteiger charge is -2.11. The standard InChI is InChI=1S/C13H14F3N3/c1-9(17-8-10-5-3-2-4-6-10)11-7-12(19-18-11)13(14,15)16/h2-7,9,17H,8H2,1H3,(H,18,19). The maximum Gasteiger partial charge on any atom is 0.435 e. The lowest BCUT2D eigenvalue weighted by atomic mass is 10.2. The van der Waals surface area contributed by atoms with Crippen LogP contribution in [0.5, 0.6) is 0 Å². The molecule has 0 saturated heterocycles. The van der Waals surface area contributed by atoms with Crippen LogP contribution in [0.2, 0.25) is 0 Å². The van der Waals surface area contributed by atoms with Gasteiger partial charge in [-0.15, -0.1) is 0 Å². The molecule has 1 unspecified atom stereocenters. The molecule has 0 aliphatic heterocycles. The minimum Gasteiger partial charge on any atom is -0.305 e. The monoisotopic (exact) mass is 269 g/mol. The number of rotatable bonds is 4. The second kappa shape index (κ2) is 5.44. The van der Waals surface area contributed by atoms with E-state index < -0.39 is 11.9 Å². The molecule has 0 spiro atoms. The average molecular weight is 269 g/mol. The smallest absolute Gasteiger partial charge is 0.305 e. The molecule has 1 aromatic heterocycles. The fraction of sp³-hybridized carbons (Fsp3) is 0.308. The Bertz CT molecular complexity index is 519. The molecule has 6 heteroatoms. The summed E-state index contributed by atoms with van der Waals surface area (Å²) in [5.41, 5.74) is 0.601. The molecule has 19 heavy (non-hydrogen) atoms. The van der Waals surface area contributed by atoms with Crippen LogP contribution in [-0.2, 0) is 12.7 Å². The van der Waals surface area contributed by atoms with Crippen LogP contribution in [0.15, 0.2) is 36.4 Å². The van der Waals surface area contributed by atoms with Gasteiger partial charge in [-0.3, -0.25) is 5.10 Å². The topological polar surface area (TPSA) is 40.7 Å². The molecule has 102 valence electrons. The van der Waals surface area contributed by atoms with Gasteiger partial charge >= 0.3 is 6.18 Å². The van der Waals surface area contributed by atoms with E-state index in [-0.39, 0.29) is 6.04 Å². The quantitative estimate of drug-likeness (QED) is 0.894. The van der Waals surface area contributed by atoms with E-state index in [1.165, 1.54) is 0 Å². The van der Waals surface area contributed by atoms with Crippen molar-refractivity contribution in [3.63, 3.8) is 0 Å². The number of hydrogen-bond acceptors (Lipinski definition) is 2. The van der Waals surface area contributed by atoms with Gasteiger partial charge in [-0.05, 0) is 18.6 Å². The van der Waals surface area contributed by atoms with Gasteiger partial charge in [-0.1, -0.05) is 30.3 Å². The van der Waals surface area contributed by atoms with Gasteiger partial charge in [0.2, 0.25) is 0 Å². The third-order valence-electron chi connectivity index (χ3n) is 2.81. The third kappa shape index (κ3) is 3.57. The summed E-state index contributed by atoms with van der Waals surface area (Å²) in [6.07, 6.45) is -4.41. The van der Waals surface area contributed by atoms with Crippen LogP contribution >= 0.6 is 0 Å². The molecule has 1 heterocycles. The number of hydrogen-bond donors (Lipinski definition) is 2. The molecule has 0 fully saturated rings. The molecule has 0 saturated carbocycles. The van der Waals surface area contributed by atoms with Gasteiger partial charge in [-0.25, -0.2) is 0 Å². The maximum atomic E-state index is 12.4. The second-order valence-corrected chi connectivity index (χ2v) is 4.29. The number of aromatic amines is 1. The zero-order chi connectivity index (χ0) is 13.9. The Morgan fingerprint density at radius 3 is 2.53 bits per heavy atom. The van der Waals surface area contributed by atoms with Crippen molar-refractivity contribution in [2.24, 2.45) is 0 Å². The Labute approximate surface area is 108 Å². The van der Waals surface area contributed by atoms with Crippen molar-refractivity contribution in [3.8, 4) is 0 Å². The van der Waals surface area contributed by atoms with E-state index in [1.807, 2.05) is 30.3 Å². The highest BCUT2D eigenvalue weighted by molar-refractivity contribution is 5.17. The molecule has 2 aromatic rings. The van der Waals surface area contributed by atoms with E-state index in [0.717, 1.165) is 11.6 Å². The summed E-state index contributed by atoms with van der Waals surface area (Å²) >= 11 is 0. The Morgan fingerprint density at radius 2 is 1.95 bits per heavy atom. The van der Waals surface area contributed by atoms with Crippen LogP contribution in [0.25, 0.3) is 0 Å². The van der Waals surface area contributed by atoms with Crippen LogP contribution in [0.1, 0.15) is 29.9 Å². The second-order valence-electron chi connectivity index (χ2n) is 4.29. The minimum absolute atomic E-state index is 0.233. The van der Waals surface area contributed by atoms with Gasteiger partial charge in [0, 0.05) is 12.6 Å². The SMILES string of the molecule is CC(NCc1ccccc1)c1cc(C(F)(F)F)n[nH]1. The number of aromatic nitrogens is 2. The molecule has 3 nitrogen and oxygen atoms in total. The summed E-state index contributed by atoms with van der Waals surface area (Å²) in [5, 5.41) is 8.83. The molecule has 0 radical (unpaired) electrons. The number of H-pyrrole nitrogens is 1. The molecule has 1 atom stereocenters. The van der Waals surface area contributed by atoms with E-state index in [0.29, 0.717) is 12.2 Å². The van der Waals surface area contributed by atoms with E-state index in [4.69, 9.17) is 0 Å². The molecule has 0 bridgehead atoms. The van der Waals surface area contributed by atoms with Gasteiger partial charge in [-0.2, -0.15) is 18.3 Å². The van der Waals surface area contributed by atoms with Crippen LogP contribution in [0.4, 0.5) is 13.2 Å². The van der Waals surface area contributed by atoms with Crippen LogP contribution in [-0.4, -0.2) is 10.2 Å². The number of alkyl halides is 3. The summed E-state index contributed by atoms with van der Waals surface area (Å²) in [5.74, 6) is 0. The van der Waals surface area contributed by atoms with Crippen LogP contribution in [0, 0.1) is 0 Å². The first kappa shape index (κ1) is 13.6. The van der Waals surface area contributed by atoms with Crippen molar-refractivity contribution in [1.29, 1.82) is 0 Å². The number of nitrogens with zero attached hydrogens (tertiary/aromatic N) is 1. The molecule has 1 aromatic carbocycles. The summed E-state index contributed by atoms with van der Waals surface area (Å²) in [4.78, 5) is 0. The minimum atomic E-state index is -4.41. The van der Waals surface area contributed by atoms with Crippen molar-refractivity contribution in [1.82, 2.24) is 15.5 Å². The van der Waals surface area contributed by atoms with Crippen molar-refractivity contribution in [2.45, 2.75) is 25.7 Å². The van der Waals surface area contributed by atoms with Gasteiger partial charge in [0.1, 0.15) is 0 Å². The Balaban J connectivity index is 1.97. The fourth-order valence-corrected chi connectivity index (χ4v) is 1.68. The summed E-state index contributed by atoms with van der Waals surface area (Å²) in [6, 6.07) is 10.4. The molecule has 2 rings (SSSR count). The third-order valence-corrected chi connectivity index (χ3v) is 2.81. The Hall–Kier alpha value is -1.82. The van der Waals surface area contributed by atoms with E-state index in [2.05, 4.69) is 15.5 Å². The van der Waals surface area contributed by atoms with Crippen LogP contribution in [0.3, 0.4) is 0 Å². The molecular weight excluding hydrogens is 255 g/mol. The molecule has 2 N–H and O–H groups in total. The molecule has 0 aliphatic carbocycles. The zero-order valence-corrected chi connectivity index (χ0v) is 10.3. The van der Waals surface area contributed by atoms with Gasteiger partial charge < -0.3 is 5.32 Å². The van der Waals surface area contributed by atoms with Gasteiger partial charge in [0.25, 0.3) is 0 Å². The number of halogens is 3. The van der Waals surface area contributed by atoms with Crippen LogP contribution < -0.4 is 5.32 Å². The lowest BCUT2D eigenvalue weighted by Crippen LogP contribution is -2.18. The normalized spacial score (nSPS) is 13.5. The van der Waals surface area contributed by atoms with Gasteiger partial charge in [0.15, 0.2) is 5.69 Å². The average Bonchev–Trinajstić information content (AvgIpc) is 2.87. The van der Waals surface area contributed by atoms with Crippen molar-refractivity contribution in [2.75, 3.05) is 0 Å². The highest BCUT2D eigenvalue weighted by Gasteiger charge is 2.34. The summed E-state index contributed by atoms with van der Waals surface area (Å²) in [7, 11) is 0.